The first-order chi connectivity index (χ1) is 14.1. The van der Waals surface area contributed by atoms with Crippen molar-refractivity contribution in [1.29, 1.82) is 0 Å². The zero-order valence-corrected chi connectivity index (χ0v) is 15.9. The summed E-state index contributed by atoms with van der Waals surface area (Å²) in [7, 11) is 0. The predicted octanol–water partition coefficient (Wildman–Crippen LogP) is 3.46. The number of rotatable bonds is 9. The highest BCUT2D eigenvalue weighted by Gasteiger charge is 2.05. The molecule has 0 saturated carbocycles. The lowest BCUT2D eigenvalue weighted by Crippen LogP contribution is -2.22. The molecule has 2 amide bonds. The van der Waals surface area contributed by atoms with Crippen molar-refractivity contribution in [1.82, 2.24) is 0 Å². The number of amides is 2. The Labute approximate surface area is 169 Å². The number of carbonyl (C=O) groups is 2. The van der Waals surface area contributed by atoms with Gasteiger partial charge in [-0.1, -0.05) is 36.4 Å². The number of benzene rings is 3. The average Bonchev–Trinajstić information content (AvgIpc) is 2.74. The van der Waals surface area contributed by atoms with Gasteiger partial charge in [0.2, 0.25) is 11.8 Å². The van der Waals surface area contributed by atoms with Gasteiger partial charge >= 0.3 is 0 Å². The fourth-order valence-corrected chi connectivity index (χ4v) is 2.74. The van der Waals surface area contributed by atoms with E-state index in [9.17, 15) is 9.59 Å². The topological polar surface area (TPSA) is 93.5 Å². The van der Waals surface area contributed by atoms with Crippen LogP contribution in [0.15, 0.2) is 78.9 Å². The van der Waals surface area contributed by atoms with Gasteiger partial charge in [-0.15, -0.1) is 0 Å². The van der Waals surface area contributed by atoms with E-state index in [1.807, 2.05) is 42.5 Å². The molecule has 6 nitrogen and oxygen atoms in total. The van der Waals surface area contributed by atoms with Crippen LogP contribution in [-0.2, 0) is 11.2 Å². The van der Waals surface area contributed by atoms with Crippen molar-refractivity contribution in [3.8, 4) is 5.75 Å². The van der Waals surface area contributed by atoms with Crippen molar-refractivity contribution in [3.63, 3.8) is 0 Å². The Morgan fingerprint density at radius 3 is 2.34 bits per heavy atom. The van der Waals surface area contributed by atoms with Crippen LogP contribution in [0, 0.1) is 0 Å². The molecule has 0 atom stereocenters. The van der Waals surface area contributed by atoms with Crippen molar-refractivity contribution in [3.05, 3.63) is 90.0 Å². The van der Waals surface area contributed by atoms with Gasteiger partial charge in [-0.25, -0.2) is 0 Å². The Kier molecular flexibility index (Phi) is 6.84. The van der Waals surface area contributed by atoms with Gasteiger partial charge in [0.1, 0.15) is 5.75 Å². The van der Waals surface area contributed by atoms with E-state index in [0.29, 0.717) is 17.9 Å². The lowest BCUT2D eigenvalue weighted by molar-refractivity contribution is -0.114. The molecule has 0 radical (unpaired) electrons. The number of nitrogens with one attached hydrogen (secondary N) is 2. The highest BCUT2D eigenvalue weighted by atomic mass is 16.5. The fraction of sp³-hybridized carbons (Fsp3) is 0.130. The standard InChI is InChI=1S/C23H23N3O3/c24-23(28)18-7-4-8-20(15-18)26-22(27)16-25-19-9-11-21(12-10-19)29-14-13-17-5-2-1-3-6-17/h1-12,15,25H,13-14,16H2,(H2,24,28)(H,26,27). The summed E-state index contributed by atoms with van der Waals surface area (Å²) in [5.74, 6) is 0.0132. The van der Waals surface area contributed by atoms with Crippen LogP contribution >= 0.6 is 0 Å². The van der Waals surface area contributed by atoms with Gasteiger partial charge < -0.3 is 21.1 Å². The summed E-state index contributed by atoms with van der Waals surface area (Å²) >= 11 is 0. The van der Waals surface area contributed by atoms with Crippen molar-refractivity contribution >= 4 is 23.2 Å². The van der Waals surface area contributed by atoms with E-state index < -0.39 is 5.91 Å². The van der Waals surface area contributed by atoms with Crippen LogP contribution in [0.1, 0.15) is 15.9 Å². The number of anilines is 2. The molecule has 0 aromatic heterocycles. The molecule has 29 heavy (non-hydrogen) atoms. The molecular formula is C23H23N3O3. The molecule has 0 spiro atoms. The van der Waals surface area contributed by atoms with Gasteiger partial charge in [0.15, 0.2) is 0 Å². The van der Waals surface area contributed by atoms with E-state index >= 15 is 0 Å². The third-order valence-corrected chi connectivity index (χ3v) is 4.24. The molecule has 3 aromatic rings. The largest absolute Gasteiger partial charge is 0.493 e. The smallest absolute Gasteiger partial charge is 0.248 e. The first-order valence-corrected chi connectivity index (χ1v) is 9.30. The zero-order valence-electron chi connectivity index (χ0n) is 15.9. The summed E-state index contributed by atoms with van der Waals surface area (Å²) < 4.78 is 5.76. The third kappa shape index (κ3) is 6.39. The quantitative estimate of drug-likeness (QED) is 0.522. The molecule has 0 aliphatic carbocycles. The molecule has 0 aliphatic rings. The molecule has 3 rings (SSSR count). The van der Waals surface area contributed by atoms with Crippen LogP contribution < -0.4 is 21.1 Å². The summed E-state index contributed by atoms with van der Waals surface area (Å²) in [5, 5.41) is 5.78. The molecule has 148 valence electrons. The van der Waals surface area contributed by atoms with E-state index in [0.717, 1.165) is 17.9 Å². The fourth-order valence-electron chi connectivity index (χ4n) is 2.74. The number of ether oxygens (including phenoxy) is 1. The van der Waals surface area contributed by atoms with Crippen molar-refractivity contribution < 1.29 is 14.3 Å². The van der Waals surface area contributed by atoms with Crippen LogP contribution in [0.2, 0.25) is 0 Å². The summed E-state index contributed by atoms with van der Waals surface area (Å²) in [4.78, 5) is 23.3. The van der Waals surface area contributed by atoms with Gasteiger partial charge in [-0.2, -0.15) is 0 Å². The first kappa shape index (κ1) is 19.9. The van der Waals surface area contributed by atoms with Crippen molar-refractivity contribution in [2.24, 2.45) is 5.73 Å². The molecule has 0 heterocycles. The van der Waals surface area contributed by atoms with E-state index in [1.165, 1.54) is 5.56 Å². The minimum absolute atomic E-state index is 0.0923. The number of hydrogen-bond donors (Lipinski definition) is 3. The van der Waals surface area contributed by atoms with Gasteiger partial charge in [0.05, 0.1) is 13.2 Å². The van der Waals surface area contributed by atoms with Gasteiger partial charge in [0.25, 0.3) is 0 Å². The van der Waals surface area contributed by atoms with E-state index in [4.69, 9.17) is 10.5 Å². The van der Waals surface area contributed by atoms with Gasteiger partial charge in [-0.3, -0.25) is 9.59 Å². The maximum absolute atomic E-state index is 12.1. The van der Waals surface area contributed by atoms with Crippen LogP contribution in [-0.4, -0.2) is 25.0 Å². The van der Waals surface area contributed by atoms with E-state index in [2.05, 4.69) is 22.8 Å². The highest BCUT2D eigenvalue weighted by Crippen LogP contribution is 2.16. The molecule has 4 N–H and O–H groups in total. The van der Waals surface area contributed by atoms with Crippen LogP contribution in [0.25, 0.3) is 0 Å². The maximum atomic E-state index is 12.1. The van der Waals surface area contributed by atoms with Crippen molar-refractivity contribution in [2.45, 2.75) is 6.42 Å². The predicted molar refractivity (Wildman–Crippen MR) is 114 cm³/mol. The Hall–Kier alpha value is -3.80. The normalized spacial score (nSPS) is 10.2. The van der Waals surface area contributed by atoms with Crippen LogP contribution in [0.3, 0.4) is 0 Å². The third-order valence-electron chi connectivity index (χ3n) is 4.24. The number of carbonyl (C=O) groups excluding carboxylic acids is 2. The summed E-state index contributed by atoms with van der Waals surface area (Å²) in [6.45, 7) is 0.693. The Bertz CT molecular complexity index is 957. The molecule has 0 aliphatic heterocycles. The number of hydrogen-bond acceptors (Lipinski definition) is 4. The molecule has 0 unspecified atom stereocenters. The average molecular weight is 389 g/mol. The summed E-state index contributed by atoms with van der Waals surface area (Å²) in [5.41, 5.74) is 8.16. The molecule has 0 fully saturated rings. The Morgan fingerprint density at radius 2 is 1.62 bits per heavy atom. The number of primary amides is 1. The second kappa shape index (κ2) is 9.94. The van der Waals surface area contributed by atoms with E-state index in [-0.39, 0.29) is 12.5 Å². The van der Waals surface area contributed by atoms with Gasteiger partial charge in [0, 0.05) is 23.4 Å². The molecule has 0 saturated heterocycles. The molecule has 0 bridgehead atoms. The molecular weight excluding hydrogens is 366 g/mol. The number of nitrogens with two attached hydrogens (primary N) is 1. The Morgan fingerprint density at radius 1 is 0.862 bits per heavy atom. The minimum Gasteiger partial charge on any atom is -0.493 e. The van der Waals surface area contributed by atoms with E-state index in [1.54, 1.807) is 24.3 Å². The monoisotopic (exact) mass is 389 g/mol. The molecule has 6 heteroatoms. The second-order valence-electron chi connectivity index (χ2n) is 6.46. The van der Waals surface area contributed by atoms with Crippen LogP contribution in [0.5, 0.6) is 5.75 Å². The minimum atomic E-state index is -0.537. The maximum Gasteiger partial charge on any atom is 0.248 e. The second-order valence-corrected chi connectivity index (χ2v) is 6.46. The zero-order chi connectivity index (χ0) is 20.5. The lowest BCUT2D eigenvalue weighted by atomic mass is 10.2. The SMILES string of the molecule is NC(=O)c1cccc(NC(=O)CNc2ccc(OCCc3ccccc3)cc2)c1. The molecule has 3 aromatic carbocycles. The summed E-state index contributed by atoms with van der Waals surface area (Å²) in [6, 6.07) is 24.1. The first-order valence-electron chi connectivity index (χ1n) is 9.30. The van der Waals surface area contributed by atoms with Crippen LogP contribution in [0.4, 0.5) is 11.4 Å². The lowest BCUT2D eigenvalue weighted by Gasteiger charge is -2.10. The summed E-state index contributed by atoms with van der Waals surface area (Å²) in [6.07, 6.45) is 0.845. The highest BCUT2D eigenvalue weighted by molar-refractivity contribution is 5.97. The van der Waals surface area contributed by atoms with Crippen molar-refractivity contribution in [2.75, 3.05) is 23.8 Å². The van der Waals surface area contributed by atoms with Gasteiger partial charge in [-0.05, 0) is 48.0 Å². The Balaban J connectivity index is 1.43.